The summed E-state index contributed by atoms with van der Waals surface area (Å²) in [6.45, 7) is 0. The Balaban J connectivity index is 2.23. The monoisotopic (exact) mass is 148 g/mol. The molecule has 0 bridgehead atoms. The van der Waals surface area contributed by atoms with Crippen molar-refractivity contribution in [2.24, 2.45) is 0 Å². The van der Waals surface area contributed by atoms with Gasteiger partial charge in [0.15, 0.2) is 0 Å². The lowest BCUT2D eigenvalue weighted by Gasteiger charge is -2.22. The fraction of sp³-hybridized carbons (Fsp3) is 1.00. The highest BCUT2D eigenvalue weighted by molar-refractivity contribution is 7.91. The van der Waals surface area contributed by atoms with Crippen LogP contribution in [-0.4, -0.2) is 29.3 Å². The van der Waals surface area contributed by atoms with Crippen LogP contribution in [0.25, 0.3) is 0 Å². The SMILES string of the molecule is COC1CCC[S+]([O-])C1. The van der Waals surface area contributed by atoms with Crippen molar-refractivity contribution in [3.8, 4) is 0 Å². The summed E-state index contributed by atoms with van der Waals surface area (Å²) in [6, 6.07) is 0. The van der Waals surface area contributed by atoms with Crippen LogP contribution in [0.4, 0.5) is 0 Å². The molecule has 3 heteroatoms. The van der Waals surface area contributed by atoms with Crippen LogP contribution in [0.2, 0.25) is 0 Å². The molecule has 9 heavy (non-hydrogen) atoms. The average molecular weight is 148 g/mol. The van der Waals surface area contributed by atoms with Gasteiger partial charge < -0.3 is 9.29 Å². The van der Waals surface area contributed by atoms with Crippen molar-refractivity contribution in [1.82, 2.24) is 0 Å². The van der Waals surface area contributed by atoms with Crippen molar-refractivity contribution >= 4 is 11.2 Å². The van der Waals surface area contributed by atoms with E-state index in [1.165, 1.54) is 0 Å². The summed E-state index contributed by atoms with van der Waals surface area (Å²) in [5.74, 6) is 1.62. The van der Waals surface area contributed by atoms with Gasteiger partial charge in [0.2, 0.25) is 0 Å². The van der Waals surface area contributed by atoms with E-state index in [4.69, 9.17) is 4.74 Å². The molecule has 1 saturated heterocycles. The zero-order chi connectivity index (χ0) is 6.69. The minimum atomic E-state index is -0.595. The molecule has 1 heterocycles. The van der Waals surface area contributed by atoms with Crippen LogP contribution >= 0.6 is 0 Å². The largest absolute Gasteiger partial charge is 0.616 e. The second-order valence-corrected chi connectivity index (χ2v) is 3.93. The fourth-order valence-electron chi connectivity index (χ4n) is 1.03. The smallest absolute Gasteiger partial charge is 0.131 e. The summed E-state index contributed by atoms with van der Waals surface area (Å²) >= 11 is -0.595. The van der Waals surface area contributed by atoms with E-state index in [1.54, 1.807) is 7.11 Å². The Kier molecular flexibility index (Phi) is 2.82. The van der Waals surface area contributed by atoms with Gasteiger partial charge in [0.25, 0.3) is 0 Å². The lowest BCUT2D eigenvalue weighted by molar-refractivity contribution is 0.109. The molecule has 2 atom stereocenters. The maximum absolute atomic E-state index is 10.9. The normalized spacial score (nSPS) is 36.7. The molecule has 1 fully saturated rings. The number of rotatable bonds is 1. The van der Waals surface area contributed by atoms with Gasteiger partial charge in [-0.3, -0.25) is 0 Å². The molecule has 0 saturated carbocycles. The maximum atomic E-state index is 10.9. The van der Waals surface area contributed by atoms with E-state index in [-0.39, 0.29) is 6.10 Å². The first-order chi connectivity index (χ1) is 4.33. The van der Waals surface area contributed by atoms with Gasteiger partial charge in [-0.15, -0.1) is 0 Å². The van der Waals surface area contributed by atoms with Crippen LogP contribution in [0.15, 0.2) is 0 Å². The third kappa shape index (κ3) is 2.16. The van der Waals surface area contributed by atoms with Crippen molar-refractivity contribution in [1.29, 1.82) is 0 Å². The van der Waals surface area contributed by atoms with E-state index in [9.17, 15) is 4.55 Å². The van der Waals surface area contributed by atoms with Gasteiger partial charge in [-0.05, 0) is 12.8 Å². The number of ether oxygens (including phenoxy) is 1. The molecule has 0 N–H and O–H groups in total. The first-order valence-electron chi connectivity index (χ1n) is 3.20. The van der Waals surface area contributed by atoms with Crippen LogP contribution in [0, 0.1) is 0 Å². The zero-order valence-electron chi connectivity index (χ0n) is 5.63. The molecule has 0 spiro atoms. The van der Waals surface area contributed by atoms with E-state index in [2.05, 4.69) is 0 Å². The Morgan fingerprint density at radius 2 is 2.44 bits per heavy atom. The van der Waals surface area contributed by atoms with Crippen LogP contribution in [0.5, 0.6) is 0 Å². The van der Waals surface area contributed by atoms with Gasteiger partial charge in [0.05, 0.1) is 0 Å². The quantitative estimate of drug-likeness (QED) is 0.508. The van der Waals surface area contributed by atoms with Gasteiger partial charge in [-0.2, -0.15) is 0 Å². The van der Waals surface area contributed by atoms with Gasteiger partial charge in [0.1, 0.15) is 17.6 Å². The van der Waals surface area contributed by atoms with Crippen molar-refractivity contribution in [3.63, 3.8) is 0 Å². The van der Waals surface area contributed by atoms with Crippen LogP contribution in [-0.2, 0) is 15.9 Å². The fourth-order valence-corrected chi connectivity index (χ4v) is 2.40. The maximum Gasteiger partial charge on any atom is 0.131 e. The summed E-state index contributed by atoms with van der Waals surface area (Å²) in [6.07, 6.45) is 2.41. The number of hydrogen-bond acceptors (Lipinski definition) is 2. The van der Waals surface area contributed by atoms with Gasteiger partial charge in [0, 0.05) is 7.11 Å². The summed E-state index contributed by atoms with van der Waals surface area (Å²) in [5.41, 5.74) is 0. The molecule has 0 aromatic heterocycles. The Morgan fingerprint density at radius 1 is 1.67 bits per heavy atom. The molecule has 0 amide bonds. The van der Waals surface area contributed by atoms with E-state index < -0.39 is 11.2 Å². The Bertz CT molecular complexity index is 87.1. The first-order valence-corrected chi connectivity index (χ1v) is 4.69. The summed E-state index contributed by atoms with van der Waals surface area (Å²) in [5, 5.41) is 0. The third-order valence-electron chi connectivity index (χ3n) is 1.60. The van der Waals surface area contributed by atoms with E-state index >= 15 is 0 Å². The second-order valence-electron chi connectivity index (χ2n) is 2.31. The first kappa shape index (κ1) is 7.38. The Hall–Kier alpha value is 0.270. The average Bonchev–Trinajstić information content (AvgIpc) is 1.88. The lowest BCUT2D eigenvalue weighted by atomic mass is 10.2. The van der Waals surface area contributed by atoms with Gasteiger partial charge in [-0.1, -0.05) is 11.2 Å². The highest BCUT2D eigenvalue weighted by Gasteiger charge is 2.21. The van der Waals surface area contributed by atoms with Crippen molar-refractivity contribution in [2.45, 2.75) is 18.9 Å². The van der Waals surface area contributed by atoms with Crippen molar-refractivity contribution in [3.05, 3.63) is 0 Å². The molecule has 2 nitrogen and oxygen atoms in total. The van der Waals surface area contributed by atoms with Crippen LogP contribution in [0.1, 0.15) is 12.8 Å². The summed E-state index contributed by atoms with van der Waals surface area (Å²) in [7, 11) is 1.69. The molecule has 1 aliphatic heterocycles. The van der Waals surface area contributed by atoms with E-state index in [0.717, 1.165) is 24.3 Å². The zero-order valence-corrected chi connectivity index (χ0v) is 6.45. The van der Waals surface area contributed by atoms with Crippen LogP contribution < -0.4 is 0 Å². The van der Waals surface area contributed by atoms with Gasteiger partial charge in [-0.25, -0.2) is 0 Å². The summed E-state index contributed by atoms with van der Waals surface area (Å²) < 4.78 is 15.9. The van der Waals surface area contributed by atoms with E-state index in [0.29, 0.717) is 0 Å². The number of hydrogen-bond donors (Lipinski definition) is 0. The molecular weight excluding hydrogens is 136 g/mol. The highest BCUT2D eigenvalue weighted by atomic mass is 32.2. The van der Waals surface area contributed by atoms with Gasteiger partial charge >= 0.3 is 0 Å². The molecule has 0 aliphatic carbocycles. The minimum Gasteiger partial charge on any atom is -0.616 e. The third-order valence-corrected chi connectivity index (χ3v) is 3.09. The van der Waals surface area contributed by atoms with Crippen molar-refractivity contribution in [2.75, 3.05) is 18.6 Å². The lowest BCUT2D eigenvalue weighted by Crippen LogP contribution is -2.30. The molecular formula is C6H12O2S. The standard InChI is InChI=1S/C6H12O2S/c1-8-6-3-2-4-9(7)5-6/h6H,2-5H2,1H3. The molecule has 0 radical (unpaired) electrons. The predicted octanol–water partition coefficient (Wildman–Crippen LogP) is 0.544. The van der Waals surface area contributed by atoms with Crippen molar-refractivity contribution < 1.29 is 9.29 Å². The minimum absolute atomic E-state index is 0.264. The second kappa shape index (κ2) is 3.44. The van der Waals surface area contributed by atoms with E-state index in [1.807, 2.05) is 0 Å². The Labute approximate surface area is 58.8 Å². The topological polar surface area (TPSA) is 32.3 Å². The Morgan fingerprint density at radius 3 is 2.89 bits per heavy atom. The molecule has 2 unspecified atom stereocenters. The molecule has 0 aromatic rings. The highest BCUT2D eigenvalue weighted by Crippen LogP contribution is 2.13. The summed E-state index contributed by atoms with van der Waals surface area (Å²) in [4.78, 5) is 0. The molecule has 1 aliphatic rings. The molecule has 54 valence electrons. The molecule has 1 rings (SSSR count). The number of methoxy groups -OCH3 is 1. The predicted molar refractivity (Wildman–Crippen MR) is 37.9 cm³/mol. The molecule has 0 aromatic carbocycles. The van der Waals surface area contributed by atoms with Crippen LogP contribution in [0.3, 0.4) is 0 Å².